The molecule has 1 fully saturated rings. The fourth-order valence-corrected chi connectivity index (χ4v) is 5.09. The van der Waals surface area contributed by atoms with Crippen molar-refractivity contribution >= 4 is 33.2 Å². The summed E-state index contributed by atoms with van der Waals surface area (Å²) in [7, 11) is 0. The average molecular weight is 418 g/mol. The Labute approximate surface area is 168 Å². The van der Waals surface area contributed by atoms with Gasteiger partial charge in [-0.15, -0.1) is 11.3 Å². The minimum Gasteiger partial charge on any atom is -0.481 e. The van der Waals surface area contributed by atoms with Crippen molar-refractivity contribution in [2.45, 2.75) is 25.4 Å². The molecule has 0 aliphatic heterocycles. The van der Waals surface area contributed by atoms with E-state index in [-0.39, 0.29) is 24.2 Å². The van der Waals surface area contributed by atoms with Crippen molar-refractivity contribution in [3.8, 4) is 0 Å². The van der Waals surface area contributed by atoms with Gasteiger partial charge in [-0.2, -0.15) is 13.2 Å². The van der Waals surface area contributed by atoms with Gasteiger partial charge in [-0.3, -0.25) is 9.59 Å². The number of rotatable bonds is 5. The minimum absolute atomic E-state index is 0.106. The van der Waals surface area contributed by atoms with Gasteiger partial charge in [0.2, 0.25) is 0 Å². The average Bonchev–Trinajstić information content (AvgIpc) is 3.08. The van der Waals surface area contributed by atoms with Gasteiger partial charge < -0.3 is 5.11 Å². The summed E-state index contributed by atoms with van der Waals surface area (Å²) in [6.07, 6.45) is -3.94. The Kier molecular flexibility index (Phi) is 4.73. The van der Waals surface area contributed by atoms with Crippen molar-refractivity contribution in [1.82, 2.24) is 0 Å². The lowest BCUT2D eigenvalue weighted by molar-refractivity contribution is -0.158. The number of thiophene rings is 1. The van der Waals surface area contributed by atoms with Gasteiger partial charge in [0.15, 0.2) is 5.78 Å². The van der Waals surface area contributed by atoms with Gasteiger partial charge in [-0.05, 0) is 37.0 Å². The molecule has 0 radical (unpaired) electrons. The zero-order valence-corrected chi connectivity index (χ0v) is 16.0. The first-order valence-corrected chi connectivity index (χ1v) is 10.0. The molecule has 3 nitrogen and oxygen atoms in total. The first kappa shape index (κ1) is 19.6. The first-order chi connectivity index (χ1) is 13.7. The highest BCUT2D eigenvalue weighted by Crippen LogP contribution is 2.51. The van der Waals surface area contributed by atoms with Crippen LogP contribution in [0.4, 0.5) is 13.2 Å². The summed E-state index contributed by atoms with van der Waals surface area (Å²) in [6, 6.07) is 12.1. The predicted octanol–water partition coefficient (Wildman–Crippen LogP) is 5.83. The Hall–Kier alpha value is -2.67. The number of hydrogen-bond acceptors (Lipinski definition) is 3. The van der Waals surface area contributed by atoms with Crippen LogP contribution >= 0.6 is 11.3 Å². The molecule has 0 amide bonds. The summed E-state index contributed by atoms with van der Waals surface area (Å²) in [4.78, 5) is 25.4. The van der Waals surface area contributed by atoms with E-state index in [1.54, 1.807) is 5.38 Å². The van der Waals surface area contributed by atoms with Gasteiger partial charge in [0.25, 0.3) is 0 Å². The second-order valence-corrected chi connectivity index (χ2v) is 8.35. The molecular weight excluding hydrogens is 401 g/mol. The Morgan fingerprint density at radius 3 is 2.55 bits per heavy atom. The van der Waals surface area contributed by atoms with Crippen LogP contribution in [-0.4, -0.2) is 16.9 Å². The van der Waals surface area contributed by atoms with Crippen molar-refractivity contribution in [3.63, 3.8) is 0 Å². The van der Waals surface area contributed by atoms with E-state index in [2.05, 4.69) is 0 Å². The molecule has 1 aliphatic rings. The number of alkyl halides is 3. The number of carboxylic acids is 1. The summed E-state index contributed by atoms with van der Waals surface area (Å²) in [5.74, 6) is -2.14. The molecule has 2 atom stereocenters. The number of carbonyl (C=O) groups is 2. The minimum atomic E-state index is -4.50. The third kappa shape index (κ3) is 3.33. The highest BCUT2D eigenvalue weighted by molar-refractivity contribution is 7.17. The zero-order valence-electron chi connectivity index (χ0n) is 15.2. The van der Waals surface area contributed by atoms with E-state index >= 15 is 0 Å². The molecule has 150 valence electrons. The quantitative estimate of drug-likeness (QED) is 0.531. The van der Waals surface area contributed by atoms with E-state index in [9.17, 15) is 27.9 Å². The van der Waals surface area contributed by atoms with Gasteiger partial charge in [0.1, 0.15) is 0 Å². The molecule has 2 aromatic carbocycles. The van der Waals surface area contributed by atoms with Crippen LogP contribution in [-0.2, 0) is 17.4 Å². The summed E-state index contributed by atoms with van der Waals surface area (Å²) in [5, 5.41) is 12.5. The lowest BCUT2D eigenvalue weighted by Gasteiger charge is -2.45. The largest absolute Gasteiger partial charge is 0.481 e. The van der Waals surface area contributed by atoms with Crippen LogP contribution < -0.4 is 0 Å². The molecule has 0 saturated heterocycles. The summed E-state index contributed by atoms with van der Waals surface area (Å²) < 4.78 is 40.0. The van der Waals surface area contributed by atoms with E-state index in [1.165, 1.54) is 23.5 Å². The number of carboxylic acid groups (broad SMARTS) is 1. The SMILES string of the molecule is O=C(c1csc2ccccc12)C1CCC1(Cc1cccc(C(F)(F)F)c1)C(=O)O. The fraction of sp³-hybridized carbons (Fsp3) is 0.273. The van der Waals surface area contributed by atoms with Crippen LogP contribution in [0.5, 0.6) is 0 Å². The first-order valence-electron chi connectivity index (χ1n) is 9.12. The second kappa shape index (κ2) is 6.99. The van der Waals surface area contributed by atoms with E-state index in [0.717, 1.165) is 22.2 Å². The van der Waals surface area contributed by atoms with Gasteiger partial charge in [-0.1, -0.05) is 36.4 Å². The maximum absolute atomic E-state index is 13.2. The number of aliphatic carboxylic acids is 1. The van der Waals surface area contributed by atoms with Crippen LogP contribution in [0.2, 0.25) is 0 Å². The van der Waals surface area contributed by atoms with Gasteiger partial charge in [-0.25, -0.2) is 0 Å². The van der Waals surface area contributed by atoms with E-state index in [4.69, 9.17) is 0 Å². The standard InChI is InChI=1S/C22H17F3O3S/c23-22(24,25)14-5-3-4-13(10-14)11-21(20(27)28)9-8-17(21)19(26)16-12-29-18-7-2-1-6-15(16)18/h1-7,10,12,17H,8-9,11H2,(H,27,28). The van der Waals surface area contributed by atoms with Crippen molar-refractivity contribution in [2.75, 3.05) is 0 Å². The Balaban J connectivity index is 1.67. The molecular formula is C22H17F3O3S. The lowest BCUT2D eigenvalue weighted by Crippen LogP contribution is -2.51. The van der Waals surface area contributed by atoms with Crippen LogP contribution in [0, 0.1) is 11.3 Å². The number of fused-ring (bicyclic) bond motifs is 1. The zero-order chi connectivity index (χ0) is 20.8. The molecule has 1 aromatic heterocycles. The number of hydrogen-bond donors (Lipinski definition) is 1. The third-order valence-electron chi connectivity index (χ3n) is 5.81. The molecule has 2 unspecified atom stereocenters. The summed E-state index contributed by atoms with van der Waals surface area (Å²) in [6.45, 7) is 0. The molecule has 7 heteroatoms. The molecule has 1 N–H and O–H groups in total. The summed E-state index contributed by atoms with van der Waals surface area (Å²) >= 11 is 1.42. The summed E-state index contributed by atoms with van der Waals surface area (Å²) in [5.41, 5.74) is -1.44. The molecule has 0 spiro atoms. The predicted molar refractivity (Wildman–Crippen MR) is 104 cm³/mol. The maximum Gasteiger partial charge on any atom is 0.416 e. The molecule has 1 heterocycles. The molecule has 4 rings (SSSR count). The van der Waals surface area contributed by atoms with Crippen molar-refractivity contribution in [2.24, 2.45) is 11.3 Å². The normalized spacial score (nSPS) is 21.7. The molecule has 0 bridgehead atoms. The van der Waals surface area contributed by atoms with Crippen LogP contribution in [0.15, 0.2) is 53.9 Å². The van der Waals surface area contributed by atoms with E-state index in [0.29, 0.717) is 12.0 Å². The monoisotopic (exact) mass is 418 g/mol. The highest BCUT2D eigenvalue weighted by atomic mass is 32.1. The highest BCUT2D eigenvalue weighted by Gasteiger charge is 2.56. The van der Waals surface area contributed by atoms with Crippen molar-refractivity contribution < 1.29 is 27.9 Å². The Morgan fingerprint density at radius 2 is 1.90 bits per heavy atom. The number of carbonyl (C=O) groups excluding carboxylic acids is 1. The number of benzene rings is 2. The third-order valence-corrected chi connectivity index (χ3v) is 6.77. The lowest BCUT2D eigenvalue weighted by atomic mass is 9.55. The van der Waals surface area contributed by atoms with Crippen molar-refractivity contribution in [3.05, 3.63) is 70.6 Å². The molecule has 29 heavy (non-hydrogen) atoms. The second-order valence-electron chi connectivity index (χ2n) is 7.44. The Morgan fingerprint density at radius 1 is 1.14 bits per heavy atom. The van der Waals surface area contributed by atoms with Gasteiger partial charge in [0, 0.05) is 26.9 Å². The van der Waals surface area contributed by atoms with E-state index < -0.39 is 29.0 Å². The van der Waals surface area contributed by atoms with Crippen LogP contribution in [0.3, 0.4) is 0 Å². The molecule has 3 aromatic rings. The molecule has 1 saturated carbocycles. The van der Waals surface area contributed by atoms with Crippen LogP contribution in [0.1, 0.15) is 34.3 Å². The number of halogens is 3. The number of ketones is 1. The maximum atomic E-state index is 13.2. The fourth-order valence-electron chi connectivity index (χ4n) is 4.14. The topological polar surface area (TPSA) is 54.4 Å². The Bertz CT molecular complexity index is 1100. The van der Waals surface area contributed by atoms with Crippen LogP contribution in [0.25, 0.3) is 10.1 Å². The van der Waals surface area contributed by atoms with E-state index in [1.807, 2.05) is 24.3 Å². The number of Topliss-reactive ketones (excluding diaryl/α,β-unsaturated/α-hetero) is 1. The van der Waals surface area contributed by atoms with Gasteiger partial charge in [0.05, 0.1) is 11.0 Å². The van der Waals surface area contributed by atoms with Gasteiger partial charge >= 0.3 is 12.1 Å². The smallest absolute Gasteiger partial charge is 0.416 e. The van der Waals surface area contributed by atoms with Crippen molar-refractivity contribution in [1.29, 1.82) is 0 Å². The molecule has 1 aliphatic carbocycles.